The van der Waals surface area contributed by atoms with Crippen LogP contribution >= 0.6 is 0 Å². The molecular weight excluding hydrogens is 480 g/mol. The molecular formula is C27H34N2O8. The number of carboxylic acids is 2. The van der Waals surface area contributed by atoms with Crippen molar-refractivity contribution in [2.75, 3.05) is 46.1 Å². The van der Waals surface area contributed by atoms with Crippen LogP contribution in [0.15, 0.2) is 42.5 Å². The topological polar surface area (TPSA) is 129 Å². The monoisotopic (exact) mass is 514 g/mol. The zero-order valence-corrected chi connectivity index (χ0v) is 20.8. The molecule has 1 fully saturated rings. The van der Waals surface area contributed by atoms with E-state index in [1.165, 1.54) is 16.7 Å². The molecule has 2 aliphatic heterocycles. The van der Waals surface area contributed by atoms with E-state index in [0.717, 1.165) is 63.5 Å². The minimum atomic E-state index is -1.82. The molecule has 2 atom stereocenters. The third kappa shape index (κ3) is 7.65. The Bertz CT molecular complexity index is 1060. The molecule has 200 valence electrons. The number of ether oxygens (including phenoxy) is 3. The van der Waals surface area contributed by atoms with Crippen LogP contribution in [0.5, 0.6) is 11.5 Å². The summed E-state index contributed by atoms with van der Waals surface area (Å²) in [6.07, 6.45) is 3.01. The van der Waals surface area contributed by atoms with E-state index in [1.54, 1.807) is 0 Å². The number of β-amino-alcohol motifs (C(OH)–C–C–N with tert-alkyl or cyclic N) is 1. The molecule has 2 unspecified atom stereocenters. The van der Waals surface area contributed by atoms with Gasteiger partial charge in [-0.3, -0.25) is 9.80 Å². The Morgan fingerprint density at radius 3 is 2.43 bits per heavy atom. The van der Waals surface area contributed by atoms with Gasteiger partial charge in [-0.25, -0.2) is 9.59 Å². The van der Waals surface area contributed by atoms with Crippen LogP contribution in [-0.4, -0.2) is 89.3 Å². The molecule has 3 aliphatic rings. The first-order valence-electron chi connectivity index (χ1n) is 12.6. The second-order valence-electron chi connectivity index (χ2n) is 9.44. The van der Waals surface area contributed by atoms with Crippen molar-refractivity contribution >= 4 is 11.9 Å². The van der Waals surface area contributed by atoms with Gasteiger partial charge in [0, 0.05) is 39.3 Å². The fourth-order valence-electron chi connectivity index (χ4n) is 4.89. The Morgan fingerprint density at radius 1 is 0.973 bits per heavy atom. The third-order valence-electron chi connectivity index (χ3n) is 6.76. The summed E-state index contributed by atoms with van der Waals surface area (Å²) in [5, 5.41) is 25.3. The predicted molar refractivity (Wildman–Crippen MR) is 134 cm³/mol. The predicted octanol–water partition coefficient (Wildman–Crippen LogP) is 2.14. The Kier molecular flexibility index (Phi) is 9.34. The van der Waals surface area contributed by atoms with Crippen LogP contribution in [0, 0.1) is 0 Å². The van der Waals surface area contributed by atoms with Crippen molar-refractivity contribution in [2.24, 2.45) is 0 Å². The van der Waals surface area contributed by atoms with Gasteiger partial charge in [0.25, 0.3) is 0 Å². The van der Waals surface area contributed by atoms with Gasteiger partial charge < -0.3 is 29.5 Å². The van der Waals surface area contributed by atoms with E-state index in [-0.39, 0.29) is 6.10 Å². The maximum Gasteiger partial charge on any atom is 0.414 e. The van der Waals surface area contributed by atoms with Gasteiger partial charge in [-0.15, -0.1) is 0 Å². The van der Waals surface area contributed by atoms with Gasteiger partial charge in [0.05, 0.1) is 18.8 Å². The highest BCUT2D eigenvalue weighted by Gasteiger charge is 2.24. The molecule has 0 radical (unpaired) electrons. The summed E-state index contributed by atoms with van der Waals surface area (Å²) in [6.45, 7) is 6.23. The summed E-state index contributed by atoms with van der Waals surface area (Å²) in [5.41, 5.74) is 3.95. The molecule has 5 rings (SSSR count). The zero-order chi connectivity index (χ0) is 26.2. The molecule has 0 spiro atoms. The molecule has 1 saturated heterocycles. The highest BCUT2D eigenvalue weighted by atomic mass is 16.7. The highest BCUT2D eigenvalue weighted by molar-refractivity contribution is 6.27. The normalized spacial score (nSPS) is 19.9. The minimum absolute atomic E-state index is 0.123. The van der Waals surface area contributed by atoms with Crippen LogP contribution in [-0.2, 0) is 27.3 Å². The van der Waals surface area contributed by atoms with Crippen molar-refractivity contribution < 1.29 is 39.1 Å². The number of carboxylic acid groups (broad SMARTS) is 2. The average Bonchev–Trinajstić information content (AvgIpc) is 3.37. The number of aliphatic carboxylic acids is 2. The molecule has 2 heterocycles. The zero-order valence-electron chi connectivity index (χ0n) is 20.8. The quantitative estimate of drug-likeness (QED) is 0.473. The van der Waals surface area contributed by atoms with Gasteiger partial charge >= 0.3 is 11.9 Å². The Balaban J connectivity index is 0.000000480. The first kappa shape index (κ1) is 26.9. The molecule has 3 N–H and O–H groups in total. The molecule has 2 aromatic rings. The highest BCUT2D eigenvalue weighted by Crippen LogP contribution is 2.33. The Morgan fingerprint density at radius 2 is 1.68 bits per heavy atom. The van der Waals surface area contributed by atoms with Gasteiger partial charge in [-0.1, -0.05) is 30.3 Å². The first-order chi connectivity index (χ1) is 17.9. The third-order valence-corrected chi connectivity index (χ3v) is 6.76. The standard InChI is InChI=1S/C25H32N2O4.C2H2O4/c28-21(17-29-23-7-3-5-20-4-1-2-6-22(20)23)16-27-12-10-26(11-13-27)15-19-8-9-24-25(14-19)31-18-30-24;3-1(4)2(5)6/h1-2,4,6,8-9,14,21,23,28H,3,5,7,10-13,15-18H2;(H,3,4)(H,5,6). The second kappa shape index (κ2) is 12.9. The number of carbonyl (C=O) groups is 2. The summed E-state index contributed by atoms with van der Waals surface area (Å²) in [7, 11) is 0. The molecule has 10 nitrogen and oxygen atoms in total. The Hall–Kier alpha value is -3.18. The maximum atomic E-state index is 10.6. The molecule has 2 aromatic carbocycles. The largest absolute Gasteiger partial charge is 0.473 e. The second-order valence-corrected chi connectivity index (χ2v) is 9.44. The summed E-state index contributed by atoms with van der Waals surface area (Å²) >= 11 is 0. The Labute approximate surface area is 216 Å². The number of piperazine rings is 1. The number of aliphatic hydroxyl groups excluding tert-OH is 1. The number of hydrogen-bond acceptors (Lipinski definition) is 8. The van der Waals surface area contributed by atoms with Gasteiger partial charge in [-0.2, -0.15) is 0 Å². The van der Waals surface area contributed by atoms with E-state index >= 15 is 0 Å². The van der Waals surface area contributed by atoms with Gasteiger partial charge in [-0.05, 0) is 48.1 Å². The van der Waals surface area contributed by atoms with Crippen LogP contribution in [0.2, 0.25) is 0 Å². The molecule has 0 amide bonds. The number of aliphatic hydroxyl groups is 1. The van der Waals surface area contributed by atoms with Crippen molar-refractivity contribution in [3.05, 3.63) is 59.2 Å². The van der Waals surface area contributed by atoms with Crippen LogP contribution in [0.25, 0.3) is 0 Å². The molecule has 0 bridgehead atoms. The average molecular weight is 515 g/mol. The van der Waals surface area contributed by atoms with E-state index in [2.05, 4.69) is 46.2 Å². The maximum absolute atomic E-state index is 10.6. The van der Waals surface area contributed by atoms with Crippen molar-refractivity contribution in [1.82, 2.24) is 9.80 Å². The molecule has 0 aromatic heterocycles. The molecule has 1 aliphatic carbocycles. The van der Waals surface area contributed by atoms with Crippen LogP contribution in [0.4, 0.5) is 0 Å². The van der Waals surface area contributed by atoms with Gasteiger partial charge in [0.2, 0.25) is 6.79 Å². The summed E-state index contributed by atoms with van der Waals surface area (Å²) in [6, 6.07) is 14.7. The van der Waals surface area contributed by atoms with Crippen LogP contribution in [0.1, 0.15) is 35.6 Å². The van der Waals surface area contributed by atoms with Crippen molar-refractivity contribution in [3.63, 3.8) is 0 Å². The lowest BCUT2D eigenvalue weighted by molar-refractivity contribution is -0.159. The van der Waals surface area contributed by atoms with Crippen molar-refractivity contribution in [1.29, 1.82) is 0 Å². The number of benzene rings is 2. The van der Waals surface area contributed by atoms with Gasteiger partial charge in [0.15, 0.2) is 11.5 Å². The smallest absolute Gasteiger partial charge is 0.414 e. The SMILES string of the molecule is O=C(O)C(=O)O.OC(COC1CCCc2ccccc21)CN1CCN(Cc2ccc3c(c2)OCO3)CC1. The van der Waals surface area contributed by atoms with E-state index < -0.39 is 18.0 Å². The minimum Gasteiger partial charge on any atom is -0.473 e. The lowest BCUT2D eigenvalue weighted by atomic mass is 9.89. The summed E-state index contributed by atoms with van der Waals surface area (Å²) in [5.74, 6) is -1.97. The summed E-state index contributed by atoms with van der Waals surface area (Å²) in [4.78, 5) is 23.0. The van der Waals surface area contributed by atoms with Crippen LogP contribution < -0.4 is 9.47 Å². The lowest BCUT2D eigenvalue weighted by Crippen LogP contribution is -2.48. The number of nitrogens with zero attached hydrogens (tertiary/aromatic N) is 2. The number of fused-ring (bicyclic) bond motifs is 2. The van der Waals surface area contributed by atoms with Crippen molar-refractivity contribution in [3.8, 4) is 11.5 Å². The van der Waals surface area contributed by atoms with E-state index in [1.807, 2.05) is 6.07 Å². The van der Waals surface area contributed by atoms with E-state index in [4.69, 9.17) is 34.0 Å². The fourth-order valence-corrected chi connectivity index (χ4v) is 4.89. The molecule has 10 heteroatoms. The van der Waals surface area contributed by atoms with Gasteiger partial charge in [0.1, 0.15) is 0 Å². The van der Waals surface area contributed by atoms with E-state index in [0.29, 0.717) is 19.9 Å². The lowest BCUT2D eigenvalue weighted by Gasteiger charge is -2.36. The number of aryl methyl sites for hydroxylation is 1. The number of rotatable bonds is 7. The van der Waals surface area contributed by atoms with Crippen LogP contribution in [0.3, 0.4) is 0 Å². The van der Waals surface area contributed by atoms with Crippen molar-refractivity contribution in [2.45, 2.75) is 38.0 Å². The molecule has 37 heavy (non-hydrogen) atoms. The first-order valence-corrected chi connectivity index (χ1v) is 12.6. The molecule has 0 saturated carbocycles. The van der Waals surface area contributed by atoms with E-state index in [9.17, 15) is 5.11 Å². The summed E-state index contributed by atoms with van der Waals surface area (Å²) < 4.78 is 17.0. The number of hydrogen-bond donors (Lipinski definition) is 3. The fraction of sp³-hybridized carbons (Fsp3) is 0.481.